The molecule has 1 heteroatoms. The van der Waals surface area contributed by atoms with Crippen LogP contribution in [0.5, 0.6) is 0 Å². The van der Waals surface area contributed by atoms with Gasteiger partial charge in [-0.3, -0.25) is 0 Å². The molecular weight excluding hydrogens is 422 g/mol. The summed E-state index contributed by atoms with van der Waals surface area (Å²) in [6.45, 7) is 15.3. The predicted octanol–water partition coefficient (Wildman–Crippen LogP) is 10.5. The minimum Gasteiger partial charge on any atom is -0.356 e. The Balaban J connectivity index is 0.000000551. The molecule has 4 aromatic rings. The monoisotopic (exact) mass is 459 g/mol. The Kier molecular flexibility index (Phi) is 11.6. The Morgan fingerprint density at radius 1 is 0.600 bits per heavy atom. The van der Waals surface area contributed by atoms with E-state index in [9.17, 15) is 0 Å². The zero-order valence-electron chi connectivity index (χ0n) is 21.5. The van der Waals surface area contributed by atoms with Crippen LogP contribution in [0.15, 0.2) is 128 Å². The second-order valence-corrected chi connectivity index (χ2v) is 7.97. The van der Waals surface area contributed by atoms with Crippen molar-refractivity contribution in [2.24, 2.45) is 0 Å². The maximum Gasteiger partial charge on any atom is 0.0390 e. The van der Waals surface area contributed by atoms with Gasteiger partial charge in [-0.15, -0.1) is 6.58 Å². The fraction of sp³-hybridized carbons (Fsp3) is 0.118. The zero-order chi connectivity index (χ0) is 25.5. The molecule has 0 aliphatic rings. The van der Waals surface area contributed by atoms with E-state index < -0.39 is 0 Å². The SMILES string of the molecule is C/C=C/C.C=CC.C=Cc1ccccc1-c1ccc(Nc2cccc(-c3ccccc3)c2)cc1C. The molecule has 0 heterocycles. The molecule has 0 fully saturated rings. The van der Waals surface area contributed by atoms with Crippen LogP contribution in [0.25, 0.3) is 28.3 Å². The summed E-state index contributed by atoms with van der Waals surface area (Å²) >= 11 is 0. The fourth-order valence-corrected chi connectivity index (χ4v) is 3.54. The van der Waals surface area contributed by atoms with Gasteiger partial charge in [-0.1, -0.05) is 104 Å². The molecule has 0 atom stereocenters. The average molecular weight is 460 g/mol. The van der Waals surface area contributed by atoms with Gasteiger partial charge in [0.1, 0.15) is 0 Å². The zero-order valence-corrected chi connectivity index (χ0v) is 21.5. The molecule has 0 radical (unpaired) electrons. The largest absolute Gasteiger partial charge is 0.356 e. The first-order valence-electron chi connectivity index (χ1n) is 12.0. The van der Waals surface area contributed by atoms with Gasteiger partial charge in [-0.2, -0.15) is 0 Å². The lowest BCUT2D eigenvalue weighted by atomic mass is 9.95. The van der Waals surface area contributed by atoms with Crippen LogP contribution in [0.1, 0.15) is 31.9 Å². The number of rotatable bonds is 5. The molecular formula is C34H37N. The lowest BCUT2D eigenvalue weighted by molar-refractivity contribution is 1.43. The molecule has 0 aliphatic heterocycles. The van der Waals surface area contributed by atoms with E-state index in [0.717, 1.165) is 16.9 Å². The highest BCUT2D eigenvalue weighted by Crippen LogP contribution is 2.31. The van der Waals surface area contributed by atoms with E-state index in [-0.39, 0.29) is 0 Å². The molecule has 0 spiro atoms. The van der Waals surface area contributed by atoms with Crippen LogP contribution in [0.3, 0.4) is 0 Å². The standard InChI is InChI=1S/C27H23N.C4H8.C3H6/c1-3-21-10-7-8-15-27(21)26-17-16-25(18-20(26)2)28-24-14-9-13-23(19-24)22-11-5-4-6-12-22;1-3-4-2;1-3-2/h3-19,28H,1H2,2H3;3-4H,1-2H3;3H,1H2,2H3/b;4-3+;. The molecule has 0 saturated heterocycles. The molecule has 1 N–H and O–H groups in total. The normalized spacial score (nSPS) is 9.83. The lowest BCUT2D eigenvalue weighted by Gasteiger charge is -2.13. The van der Waals surface area contributed by atoms with E-state index in [1.54, 1.807) is 6.08 Å². The Bertz CT molecular complexity index is 1230. The first-order chi connectivity index (χ1) is 17.1. The molecule has 0 bridgehead atoms. The summed E-state index contributed by atoms with van der Waals surface area (Å²) in [5, 5.41) is 3.54. The van der Waals surface area contributed by atoms with Gasteiger partial charge < -0.3 is 5.32 Å². The Morgan fingerprint density at radius 3 is 1.83 bits per heavy atom. The van der Waals surface area contributed by atoms with E-state index in [4.69, 9.17) is 0 Å². The van der Waals surface area contributed by atoms with E-state index >= 15 is 0 Å². The molecule has 178 valence electrons. The van der Waals surface area contributed by atoms with Crippen molar-refractivity contribution in [3.8, 4) is 22.3 Å². The molecule has 0 saturated carbocycles. The van der Waals surface area contributed by atoms with Crippen LogP contribution in [0.2, 0.25) is 0 Å². The second-order valence-electron chi connectivity index (χ2n) is 7.97. The summed E-state index contributed by atoms with van der Waals surface area (Å²) < 4.78 is 0. The van der Waals surface area contributed by atoms with Gasteiger partial charge in [0.15, 0.2) is 0 Å². The van der Waals surface area contributed by atoms with Crippen molar-refractivity contribution in [2.45, 2.75) is 27.7 Å². The molecule has 0 aromatic heterocycles. The topological polar surface area (TPSA) is 12.0 Å². The molecule has 35 heavy (non-hydrogen) atoms. The fourth-order valence-electron chi connectivity index (χ4n) is 3.54. The number of allylic oxidation sites excluding steroid dienone is 3. The summed E-state index contributed by atoms with van der Waals surface area (Å²) in [4.78, 5) is 0. The van der Waals surface area contributed by atoms with Crippen LogP contribution in [-0.2, 0) is 0 Å². The van der Waals surface area contributed by atoms with Crippen molar-refractivity contribution in [1.82, 2.24) is 0 Å². The molecule has 4 aromatic carbocycles. The number of nitrogens with one attached hydrogen (secondary N) is 1. The number of aryl methyl sites for hydroxylation is 1. The number of hydrogen-bond acceptors (Lipinski definition) is 1. The lowest BCUT2D eigenvalue weighted by Crippen LogP contribution is -1.93. The van der Waals surface area contributed by atoms with Gasteiger partial charge in [-0.25, -0.2) is 0 Å². The first kappa shape index (κ1) is 27.1. The van der Waals surface area contributed by atoms with Gasteiger partial charge in [0.2, 0.25) is 0 Å². The van der Waals surface area contributed by atoms with Gasteiger partial charge in [0.05, 0.1) is 0 Å². The predicted molar refractivity (Wildman–Crippen MR) is 158 cm³/mol. The summed E-state index contributed by atoms with van der Waals surface area (Å²) in [6, 6.07) is 33.8. The summed E-state index contributed by atoms with van der Waals surface area (Å²) in [5.74, 6) is 0. The van der Waals surface area contributed by atoms with Crippen LogP contribution >= 0.6 is 0 Å². The Hall–Kier alpha value is -4.10. The van der Waals surface area contributed by atoms with Crippen molar-refractivity contribution in [2.75, 3.05) is 5.32 Å². The van der Waals surface area contributed by atoms with Crippen molar-refractivity contribution in [1.29, 1.82) is 0 Å². The third-order valence-corrected chi connectivity index (χ3v) is 5.29. The summed E-state index contributed by atoms with van der Waals surface area (Å²) in [5.41, 5.74) is 9.44. The van der Waals surface area contributed by atoms with Crippen LogP contribution in [-0.4, -0.2) is 0 Å². The maximum absolute atomic E-state index is 3.94. The molecule has 0 aliphatic carbocycles. The minimum atomic E-state index is 1.08. The molecule has 1 nitrogen and oxygen atoms in total. The van der Waals surface area contributed by atoms with E-state index in [0.29, 0.717) is 0 Å². The van der Waals surface area contributed by atoms with Crippen molar-refractivity contribution < 1.29 is 0 Å². The smallest absolute Gasteiger partial charge is 0.0390 e. The van der Waals surface area contributed by atoms with Crippen molar-refractivity contribution >= 4 is 17.5 Å². The highest BCUT2D eigenvalue weighted by molar-refractivity contribution is 5.79. The van der Waals surface area contributed by atoms with Crippen molar-refractivity contribution in [3.05, 3.63) is 140 Å². The van der Waals surface area contributed by atoms with Gasteiger partial charge in [-0.05, 0) is 85.3 Å². The van der Waals surface area contributed by atoms with E-state index in [1.807, 2.05) is 51.1 Å². The molecule has 0 amide bonds. The summed E-state index contributed by atoms with van der Waals surface area (Å²) in [6.07, 6.45) is 7.66. The van der Waals surface area contributed by atoms with Crippen LogP contribution in [0, 0.1) is 6.92 Å². The second kappa shape index (κ2) is 14.9. The minimum absolute atomic E-state index is 1.08. The van der Waals surface area contributed by atoms with Gasteiger partial charge in [0, 0.05) is 11.4 Å². The van der Waals surface area contributed by atoms with Crippen molar-refractivity contribution in [3.63, 3.8) is 0 Å². The quantitative estimate of drug-likeness (QED) is 0.293. The summed E-state index contributed by atoms with van der Waals surface area (Å²) in [7, 11) is 0. The average Bonchev–Trinajstić information content (AvgIpc) is 2.90. The Labute approximate surface area is 212 Å². The number of anilines is 2. The highest BCUT2D eigenvalue weighted by Gasteiger charge is 2.07. The third-order valence-electron chi connectivity index (χ3n) is 5.29. The van der Waals surface area contributed by atoms with Crippen LogP contribution < -0.4 is 5.32 Å². The molecule has 0 unspecified atom stereocenters. The van der Waals surface area contributed by atoms with Gasteiger partial charge >= 0.3 is 0 Å². The third kappa shape index (κ3) is 8.32. The van der Waals surface area contributed by atoms with E-state index in [1.165, 1.54) is 27.8 Å². The first-order valence-corrected chi connectivity index (χ1v) is 12.0. The maximum atomic E-state index is 3.94. The van der Waals surface area contributed by atoms with Gasteiger partial charge in [0.25, 0.3) is 0 Å². The Morgan fingerprint density at radius 2 is 1.20 bits per heavy atom. The highest BCUT2D eigenvalue weighted by atomic mass is 14.9. The number of benzene rings is 4. The number of hydrogen-bond donors (Lipinski definition) is 1. The molecule has 4 rings (SSSR count). The van der Waals surface area contributed by atoms with E-state index in [2.05, 4.69) is 110 Å². The van der Waals surface area contributed by atoms with Crippen LogP contribution in [0.4, 0.5) is 11.4 Å².